The molecule has 0 radical (unpaired) electrons. The number of amides is 1. The highest BCUT2D eigenvalue weighted by atomic mass is 32.2. The molecule has 1 fully saturated rings. The molecule has 1 amide bonds. The molecule has 1 aliphatic rings. The second kappa shape index (κ2) is 10.6. The minimum Gasteiger partial charge on any atom is -0.497 e. The second-order valence-corrected chi connectivity index (χ2v) is 8.36. The third-order valence-corrected chi connectivity index (χ3v) is 5.93. The molecule has 1 atom stereocenters. The Bertz CT molecular complexity index is 1040. The Morgan fingerprint density at radius 1 is 1.25 bits per heavy atom. The molecule has 9 heteroatoms. The van der Waals surface area contributed by atoms with Gasteiger partial charge >= 0.3 is 0 Å². The summed E-state index contributed by atoms with van der Waals surface area (Å²) in [6, 6.07) is 13.6. The van der Waals surface area contributed by atoms with Crippen LogP contribution in [0.25, 0.3) is 11.5 Å². The molecule has 0 spiro atoms. The lowest BCUT2D eigenvalue weighted by atomic mass is 10.2. The predicted molar refractivity (Wildman–Crippen MR) is 118 cm³/mol. The molecule has 1 unspecified atom stereocenters. The van der Waals surface area contributed by atoms with Crippen LogP contribution in [0.3, 0.4) is 0 Å². The van der Waals surface area contributed by atoms with Gasteiger partial charge in [-0.2, -0.15) is 0 Å². The van der Waals surface area contributed by atoms with Crippen LogP contribution in [-0.4, -0.2) is 53.1 Å². The molecule has 2 aromatic carbocycles. The van der Waals surface area contributed by atoms with Gasteiger partial charge in [-0.15, -0.1) is 10.2 Å². The van der Waals surface area contributed by atoms with Crippen LogP contribution in [0.1, 0.15) is 18.4 Å². The quantitative estimate of drug-likeness (QED) is 0.446. The van der Waals surface area contributed by atoms with Crippen molar-refractivity contribution < 1.29 is 23.1 Å². The summed E-state index contributed by atoms with van der Waals surface area (Å²) in [5, 5.41) is 8.41. The average Bonchev–Trinajstić information content (AvgIpc) is 3.49. The Morgan fingerprint density at radius 2 is 2.09 bits per heavy atom. The number of nitrogens with zero attached hydrogens (tertiary/aromatic N) is 3. The summed E-state index contributed by atoms with van der Waals surface area (Å²) in [5.74, 6) is 0.820. The number of aromatic nitrogens is 2. The summed E-state index contributed by atoms with van der Waals surface area (Å²) in [7, 11) is 1.60. The third-order valence-electron chi connectivity index (χ3n) is 5.13. The van der Waals surface area contributed by atoms with Crippen molar-refractivity contribution in [2.75, 3.05) is 26.0 Å². The molecule has 0 bridgehead atoms. The number of rotatable bonds is 9. The molecule has 1 aromatic heterocycles. The highest BCUT2D eigenvalue weighted by Crippen LogP contribution is 2.25. The van der Waals surface area contributed by atoms with E-state index < -0.39 is 0 Å². The largest absolute Gasteiger partial charge is 0.497 e. The summed E-state index contributed by atoms with van der Waals surface area (Å²) < 4.78 is 30.2. The molecular formula is C23H24FN3O4S. The monoisotopic (exact) mass is 457 g/mol. The summed E-state index contributed by atoms with van der Waals surface area (Å²) in [5.41, 5.74) is 1.50. The number of benzene rings is 2. The molecule has 1 saturated heterocycles. The van der Waals surface area contributed by atoms with Gasteiger partial charge < -0.3 is 18.8 Å². The topological polar surface area (TPSA) is 77.7 Å². The number of carbonyl (C=O) groups is 1. The van der Waals surface area contributed by atoms with Gasteiger partial charge in [0.25, 0.3) is 5.22 Å². The van der Waals surface area contributed by atoms with Crippen LogP contribution in [0.4, 0.5) is 4.39 Å². The fraction of sp³-hybridized carbons (Fsp3) is 0.348. The summed E-state index contributed by atoms with van der Waals surface area (Å²) in [6.07, 6.45) is 1.90. The summed E-state index contributed by atoms with van der Waals surface area (Å²) >= 11 is 1.18. The number of carbonyl (C=O) groups excluding carboxylic acids is 1. The van der Waals surface area contributed by atoms with Crippen molar-refractivity contribution in [1.82, 2.24) is 15.1 Å². The molecule has 7 nitrogen and oxygen atoms in total. The number of hydrogen-bond donors (Lipinski definition) is 0. The van der Waals surface area contributed by atoms with Gasteiger partial charge in [-0.05, 0) is 54.8 Å². The fourth-order valence-electron chi connectivity index (χ4n) is 3.48. The van der Waals surface area contributed by atoms with Gasteiger partial charge in [0.1, 0.15) is 11.6 Å². The van der Waals surface area contributed by atoms with Crippen molar-refractivity contribution in [2.45, 2.75) is 30.7 Å². The van der Waals surface area contributed by atoms with Gasteiger partial charge in [-0.3, -0.25) is 4.79 Å². The van der Waals surface area contributed by atoms with Gasteiger partial charge in [-0.1, -0.05) is 23.9 Å². The first kappa shape index (κ1) is 22.3. The lowest BCUT2D eigenvalue weighted by Gasteiger charge is -2.25. The van der Waals surface area contributed by atoms with E-state index in [0.717, 1.165) is 29.7 Å². The first-order valence-corrected chi connectivity index (χ1v) is 11.3. The van der Waals surface area contributed by atoms with Crippen LogP contribution in [0.2, 0.25) is 0 Å². The zero-order valence-corrected chi connectivity index (χ0v) is 18.5. The fourth-order valence-corrected chi connectivity index (χ4v) is 4.14. The first-order valence-electron chi connectivity index (χ1n) is 10.4. The van der Waals surface area contributed by atoms with E-state index in [1.165, 1.54) is 23.9 Å². The van der Waals surface area contributed by atoms with E-state index in [4.69, 9.17) is 13.9 Å². The molecule has 4 rings (SSSR count). The normalized spacial score (nSPS) is 15.6. The van der Waals surface area contributed by atoms with Crippen molar-refractivity contribution in [1.29, 1.82) is 0 Å². The van der Waals surface area contributed by atoms with E-state index in [9.17, 15) is 9.18 Å². The molecular weight excluding hydrogens is 433 g/mol. The lowest BCUT2D eigenvalue weighted by molar-refractivity contribution is -0.130. The Hall–Kier alpha value is -2.91. The third kappa shape index (κ3) is 5.86. The van der Waals surface area contributed by atoms with E-state index in [1.54, 1.807) is 18.1 Å². The minimum atomic E-state index is -0.321. The molecule has 0 saturated carbocycles. The molecule has 0 N–H and O–H groups in total. The minimum absolute atomic E-state index is 0.00240. The van der Waals surface area contributed by atoms with Crippen molar-refractivity contribution in [2.24, 2.45) is 0 Å². The van der Waals surface area contributed by atoms with E-state index in [0.29, 0.717) is 30.8 Å². The summed E-state index contributed by atoms with van der Waals surface area (Å²) in [4.78, 5) is 14.7. The van der Waals surface area contributed by atoms with Gasteiger partial charge in [-0.25, -0.2) is 4.39 Å². The first-order chi connectivity index (χ1) is 15.6. The van der Waals surface area contributed by atoms with Crippen molar-refractivity contribution in [3.63, 3.8) is 0 Å². The van der Waals surface area contributed by atoms with Crippen molar-refractivity contribution in [3.05, 3.63) is 59.9 Å². The Kier molecular flexibility index (Phi) is 7.39. The van der Waals surface area contributed by atoms with Gasteiger partial charge in [0.2, 0.25) is 11.8 Å². The number of methoxy groups -OCH3 is 1. The van der Waals surface area contributed by atoms with Crippen LogP contribution in [0, 0.1) is 5.82 Å². The highest BCUT2D eigenvalue weighted by Gasteiger charge is 2.23. The maximum Gasteiger partial charge on any atom is 0.277 e. The molecule has 1 aliphatic heterocycles. The lowest BCUT2D eigenvalue weighted by Crippen LogP contribution is -2.38. The zero-order chi connectivity index (χ0) is 22.3. The van der Waals surface area contributed by atoms with Gasteiger partial charge in [0.15, 0.2) is 0 Å². The van der Waals surface area contributed by atoms with Gasteiger partial charge in [0.05, 0.1) is 19.0 Å². The standard InChI is InChI=1S/C23H24FN3O4S/c1-29-19-9-7-17(8-10-19)22-25-26-23(31-22)32-15-21(28)27(14-20-6-3-11-30-20)13-16-4-2-5-18(24)12-16/h2,4-5,7-10,12,20H,3,6,11,13-15H2,1H3. The highest BCUT2D eigenvalue weighted by molar-refractivity contribution is 7.99. The smallest absolute Gasteiger partial charge is 0.277 e. The van der Waals surface area contributed by atoms with Gasteiger partial charge in [0, 0.05) is 25.3 Å². The van der Waals surface area contributed by atoms with Crippen LogP contribution in [0.5, 0.6) is 5.75 Å². The zero-order valence-electron chi connectivity index (χ0n) is 17.7. The molecule has 168 valence electrons. The Balaban J connectivity index is 1.39. The second-order valence-electron chi connectivity index (χ2n) is 7.43. The molecule has 32 heavy (non-hydrogen) atoms. The number of hydrogen-bond acceptors (Lipinski definition) is 7. The Morgan fingerprint density at radius 3 is 2.81 bits per heavy atom. The van der Waals surface area contributed by atoms with Crippen LogP contribution in [0.15, 0.2) is 58.2 Å². The number of ether oxygens (including phenoxy) is 2. The van der Waals surface area contributed by atoms with E-state index in [1.807, 2.05) is 30.3 Å². The van der Waals surface area contributed by atoms with Crippen LogP contribution < -0.4 is 4.74 Å². The molecule has 2 heterocycles. The average molecular weight is 458 g/mol. The number of halogens is 1. The van der Waals surface area contributed by atoms with E-state index in [-0.39, 0.29) is 23.6 Å². The van der Waals surface area contributed by atoms with Crippen molar-refractivity contribution >= 4 is 17.7 Å². The molecule has 3 aromatic rings. The maximum atomic E-state index is 13.6. The molecule has 0 aliphatic carbocycles. The summed E-state index contributed by atoms with van der Waals surface area (Å²) in [6.45, 7) is 1.49. The SMILES string of the molecule is COc1ccc(-c2nnc(SCC(=O)N(Cc3cccc(F)c3)CC3CCCO3)o2)cc1. The Labute approximate surface area is 189 Å². The number of thioether (sulfide) groups is 1. The van der Waals surface area contributed by atoms with E-state index >= 15 is 0 Å². The van der Waals surface area contributed by atoms with Crippen LogP contribution >= 0.6 is 11.8 Å². The predicted octanol–water partition coefficient (Wildman–Crippen LogP) is 4.18. The van der Waals surface area contributed by atoms with Crippen molar-refractivity contribution in [3.8, 4) is 17.2 Å². The van der Waals surface area contributed by atoms with E-state index in [2.05, 4.69) is 10.2 Å². The van der Waals surface area contributed by atoms with Crippen LogP contribution in [-0.2, 0) is 16.1 Å². The maximum absolute atomic E-state index is 13.6.